The van der Waals surface area contributed by atoms with E-state index in [2.05, 4.69) is 10.2 Å². The predicted octanol–water partition coefficient (Wildman–Crippen LogP) is 2.46. The number of benzene rings is 2. The minimum atomic E-state index is -0.501. The van der Waals surface area contributed by atoms with Crippen LogP contribution in [0, 0.1) is 0 Å². The van der Waals surface area contributed by atoms with Crippen LogP contribution in [0.3, 0.4) is 0 Å². The summed E-state index contributed by atoms with van der Waals surface area (Å²) in [6.07, 6.45) is 2.48. The first kappa shape index (κ1) is 17.7. The van der Waals surface area contributed by atoms with Crippen molar-refractivity contribution in [1.82, 2.24) is 15.1 Å². The Kier molecular flexibility index (Phi) is 5.21. The fraction of sp³-hybridized carbons (Fsp3) is 0.364. The SMILES string of the molecule is O=C(N[C@@H]1C(=O)N(CCN2CCCC2)[C@@H]1c1ccccc1)c1ccccc1. The molecule has 4 rings (SSSR count). The van der Waals surface area contributed by atoms with Crippen LogP contribution in [-0.2, 0) is 4.79 Å². The molecule has 2 aromatic rings. The van der Waals surface area contributed by atoms with Crippen LogP contribution in [0.4, 0.5) is 0 Å². The van der Waals surface area contributed by atoms with Gasteiger partial charge < -0.3 is 15.1 Å². The number of rotatable bonds is 6. The zero-order valence-electron chi connectivity index (χ0n) is 15.4. The fourth-order valence-corrected chi connectivity index (χ4v) is 4.03. The van der Waals surface area contributed by atoms with E-state index in [0.717, 1.165) is 25.2 Å². The van der Waals surface area contributed by atoms with E-state index < -0.39 is 6.04 Å². The van der Waals surface area contributed by atoms with Crippen LogP contribution in [-0.4, -0.2) is 53.8 Å². The lowest BCUT2D eigenvalue weighted by Crippen LogP contribution is -2.66. The molecule has 2 aromatic carbocycles. The number of likely N-dealkylation sites (tertiary alicyclic amines) is 2. The van der Waals surface area contributed by atoms with Gasteiger partial charge in [0.1, 0.15) is 6.04 Å². The van der Waals surface area contributed by atoms with Crippen molar-refractivity contribution in [3.05, 3.63) is 71.8 Å². The predicted molar refractivity (Wildman–Crippen MR) is 104 cm³/mol. The van der Waals surface area contributed by atoms with E-state index in [1.807, 2.05) is 53.4 Å². The second-order valence-corrected chi connectivity index (χ2v) is 7.25. The van der Waals surface area contributed by atoms with Gasteiger partial charge in [-0.25, -0.2) is 0 Å². The van der Waals surface area contributed by atoms with Crippen molar-refractivity contribution < 1.29 is 9.59 Å². The van der Waals surface area contributed by atoms with E-state index >= 15 is 0 Å². The number of nitrogens with zero attached hydrogens (tertiary/aromatic N) is 2. The van der Waals surface area contributed by atoms with Crippen molar-refractivity contribution in [3.8, 4) is 0 Å². The maximum absolute atomic E-state index is 12.8. The third-order valence-electron chi connectivity index (χ3n) is 5.52. The van der Waals surface area contributed by atoms with Crippen molar-refractivity contribution in [2.45, 2.75) is 24.9 Å². The normalized spacial score (nSPS) is 22.5. The molecule has 0 saturated carbocycles. The smallest absolute Gasteiger partial charge is 0.251 e. The zero-order chi connectivity index (χ0) is 18.6. The van der Waals surface area contributed by atoms with Crippen LogP contribution in [0.1, 0.15) is 34.8 Å². The summed E-state index contributed by atoms with van der Waals surface area (Å²) < 4.78 is 0. The Labute approximate surface area is 160 Å². The van der Waals surface area contributed by atoms with Crippen LogP contribution in [0.2, 0.25) is 0 Å². The molecule has 0 unspecified atom stereocenters. The molecule has 5 heteroatoms. The Morgan fingerprint density at radius 2 is 1.56 bits per heavy atom. The Morgan fingerprint density at radius 1 is 0.926 bits per heavy atom. The van der Waals surface area contributed by atoms with E-state index in [1.54, 1.807) is 12.1 Å². The first-order chi connectivity index (χ1) is 13.2. The Bertz CT molecular complexity index is 788. The first-order valence-corrected chi connectivity index (χ1v) is 9.68. The summed E-state index contributed by atoms with van der Waals surface area (Å²) in [5.41, 5.74) is 1.64. The maximum atomic E-state index is 12.8. The third-order valence-corrected chi connectivity index (χ3v) is 5.52. The number of amides is 2. The molecule has 0 radical (unpaired) electrons. The van der Waals surface area contributed by atoms with Crippen LogP contribution < -0.4 is 5.32 Å². The molecular weight excluding hydrogens is 338 g/mol. The molecule has 140 valence electrons. The highest BCUT2D eigenvalue weighted by Gasteiger charge is 2.48. The highest BCUT2D eigenvalue weighted by atomic mass is 16.2. The highest BCUT2D eigenvalue weighted by Crippen LogP contribution is 2.35. The molecular formula is C22H25N3O2. The molecule has 0 aliphatic carbocycles. The van der Waals surface area contributed by atoms with Gasteiger partial charge in [-0.1, -0.05) is 48.5 Å². The summed E-state index contributed by atoms with van der Waals surface area (Å²) in [4.78, 5) is 29.7. The van der Waals surface area contributed by atoms with E-state index in [4.69, 9.17) is 0 Å². The summed E-state index contributed by atoms with van der Waals surface area (Å²) in [5, 5.41) is 2.95. The molecule has 27 heavy (non-hydrogen) atoms. The zero-order valence-corrected chi connectivity index (χ0v) is 15.4. The van der Waals surface area contributed by atoms with Crippen LogP contribution >= 0.6 is 0 Å². The molecule has 5 nitrogen and oxygen atoms in total. The second kappa shape index (κ2) is 7.92. The average molecular weight is 363 g/mol. The van der Waals surface area contributed by atoms with Gasteiger partial charge in [0.05, 0.1) is 6.04 Å². The summed E-state index contributed by atoms with van der Waals surface area (Å²) in [5.74, 6) is -0.193. The highest BCUT2D eigenvalue weighted by molar-refractivity contribution is 6.00. The molecule has 2 amide bonds. The number of β-lactam (4-membered cyclic amide) rings is 1. The van der Waals surface area contributed by atoms with Crippen molar-refractivity contribution in [3.63, 3.8) is 0 Å². The standard InChI is InChI=1S/C22H25N3O2/c26-21(18-11-5-2-6-12-18)23-19-20(17-9-3-1-4-10-17)25(22(19)27)16-15-24-13-7-8-14-24/h1-6,9-12,19-20H,7-8,13-16H2,(H,23,26)/t19-,20+/m0/s1. The summed E-state index contributed by atoms with van der Waals surface area (Å²) in [7, 11) is 0. The van der Waals surface area contributed by atoms with Gasteiger partial charge in [0.2, 0.25) is 5.91 Å². The number of carbonyl (C=O) groups excluding carboxylic acids is 2. The van der Waals surface area contributed by atoms with Crippen molar-refractivity contribution in [2.24, 2.45) is 0 Å². The van der Waals surface area contributed by atoms with Crippen molar-refractivity contribution in [2.75, 3.05) is 26.2 Å². The van der Waals surface area contributed by atoms with Crippen LogP contribution in [0.15, 0.2) is 60.7 Å². The van der Waals surface area contributed by atoms with Crippen LogP contribution in [0.25, 0.3) is 0 Å². The molecule has 2 aliphatic rings. The van der Waals surface area contributed by atoms with Crippen LogP contribution in [0.5, 0.6) is 0 Å². The van der Waals surface area contributed by atoms with Crippen molar-refractivity contribution in [1.29, 1.82) is 0 Å². The molecule has 2 saturated heterocycles. The lowest BCUT2D eigenvalue weighted by atomic mass is 9.88. The molecule has 2 aliphatic heterocycles. The minimum Gasteiger partial charge on any atom is -0.338 e. The minimum absolute atomic E-state index is 0.00679. The summed E-state index contributed by atoms with van der Waals surface area (Å²) in [6.45, 7) is 3.84. The van der Waals surface area contributed by atoms with E-state index in [0.29, 0.717) is 12.1 Å². The number of carbonyl (C=O) groups is 2. The average Bonchev–Trinajstić information content (AvgIpc) is 3.24. The molecule has 0 aromatic heterocycles. The van der Waals surface area contributed by atoms with Crippen molar-refractivity contribution >= 4 is 11.8 Å². The van der Waals surface area contributed by atoms with Gasteiger partial charge in [-0.2, -0.15) is 0 Å². The van der Waals surface area contributed by atoms with Gasteiger partial charge >= 0.3 is 0 Å². The van der Waals surface area contributed by atoms with E-state index in [-0.39, 0.29) is 17.9 Å². The van der Waals surface area contributed by atoms with E-state index in [9.17, 15) is 9.59 Å². The molecule has 2 fully saturated rings. The van der Waals surface area contributed by atoms with Gasteiger partial charge in [0.15, 0.2) is 0 Å². The molecule has 0 spiro atoms. The lowest BCUT2D eigenvalue weighted by Gasteiger charge is -2.48. The van der Waals surface area contributed by atoms with Gasteiger partial charge in [-0.3, -0.25) is 9.59 Å². The topological polar surface area (TPSA) is 52.7 Å². The Balaban J connectivity index is 1.48. The fourth-order valence-electron chi connectivity index (χ4n) is 4.03. The maximum Gasteiger partial charge on any atom is 0.251 e. The lowest BCUT2D eigenvalue weighted by molar-refractivity contribution is -0.151. The van der Waals surface area contributed by atoms with E-state index in [1.165, 1.54) is 12.8 Å². The molecule has 0 bridgehead atoms. The first-order valence-electron chi connectivity index (χ1n) is 9.68. The quantitative estimate of drug-likeness (QED) is 0.802. The number of nitrogens with one attached hydrogen (secondary N) is 1. The Morgan fingerprint density at radius 3 is 2.22 bits per heavy atom. The van der Waals surface area contributed by atoms with Gasteiger partial charge in [-0.05, 0) is 43.6 Å². The molecule has 2 heterocycles. The van der Waals surface area contributed by atoms with Gasteiger partial charge in [-0.15, -0.1) is 0 Å². The summed E-state index contributed by atoms with van der Waals surface area (Å²) >= 11 is 0. The number of hydrogen-bond donors (Lipinski definition) is 1. The third kappa shape index (κ3) is 3.74. The number of hydrogen-bond acceptors (Lipinski definition) is 3. The molecule has 2 atom stereocenters. The largest absolute Gasteiger partial charge is 0.338 e. The monoisotopic (exact) mass is 363 g/mol. The molecule has 1 N–H and O–H groups in total. The Hall–Kier alpha value is -2.66. The summed E-state index contributed by atoms with van der Waals surface area (Å²) in [6, 6.07) is 18.4. The second-order valence-electron chi connectivity index (χ2n) is 7.25. The van der Waals surface area contributed by atoms with Gasteiger partial charge in [0.25, 0.3) is 5.91 Å². The van der Waals surface area contributed by atoms with Gasteiger partial charge in [0, 0.05) is 18.7 Å².